The van der Waals surface area contributed by atoms with E-state index in [9.17, 15) is 8.60 Å². The van der Waals surface area contributed by atoms with E-state index in [-0.39, 0.29) is 5.02 Å². The van der Waals surface area contributed by atoms with Crippen LogP contribution in [0.15, 0.2) is 45.8 Å². The summed E-state index contributed by atoms with van der Waals surface area (Å²) < 4.78 is 26.0. The zero-order valence-corrected chi connectivity index (χ0v) is 12.9. The van der Waals surface area contributed by atoms with E-state index < -0.39 is 16.6 Å². The number of hydrogen-bond acceptors (Lipinski definition) is 2. The predicted octanol–water partition coefficient (Wildman–Crippen LogP) is 4.13. The first kappa shape index (κ1) is 14.5. The Hall–Kier alpha value is -0.910. The van der Waals surface area contributed by atoms with Gasteiger partial charge in [0.05, 0.1) is 21.6 Å². The first-order valence-electron chi connectivity index (χ1n) is 5.34. The molecule has 0 aliphatic heterocycles. The van der Waals surface area contributed by atoms with Crippen molar-refractivity contribution in [3.63, 3.8) is 0 Å². The summed E-state index contributed by atoms with van der Waals surface area (Å²) in [5.41, 5.74) is 7.20. The molecule has 0 radical (unpaired) electrons. The van der Waals surface area contributed by atoms with E-state index in [1.54, 1.807) is 12.1 Å². The van der Waals surface area contributed by atoms with Crippen LogP contribution in [-0.4, -0.2) is 4.21 Å². The van der Waals surface area contributed by atoms with Crippen LogP contribution < -0.4 is 5.73 Å². The normalized spacial score (nSPS) is 12.4. The van der Waals surface area contributed by atoms with Crippen LogP contribution in [0.25, 0.3) is 0 Å². The highest BCUT2D eigenvalue weighted by atomic mass is 79.9. The lowest BCUT2D eigenvalue weighted by molar-refractivity contribution is 0.626. The Labute approximate surface area is 126 Å². The SMILES string of the molecule is Nc1cc(CS(=O)c2ccc(F)c(Cl)c2)ccc1Br. The molecule has 6 heteroatoms. The molecule has 0 aromatic heterocycles. The maximum absolute atomic E-state index is 13.0. The summed E-state index contributed by atoms with van der Waals surface area (Å²) in [7, 11) is -1.29. The lowest BCUT2D eigenvalue weighted by Gasteiger charge is -2.06. The first-order valence-corrected chi connectivity index (χ1v) is 7.83. The number of rotatable bonds is 3. The van der Waals surface area contributed by atoms with Gasteiger partial charge in [-0.05, 0) is 51.8 Å². The van der Waals surface area contributed by atoms with Crippen molar-refractivity contribution in [3.8, 4) is 0 Å². The number of halogens is 3. The van der Waals surface area contributed by atoms with Crippen LogP contribution in [0.1, 0.15) is 5.56 Å². The van der Waals surface area contributed by atoms with E-state index in [2.05, 4.69) is 15.9 Å². The van der Waals surface area contributed by atoms with Crippen molar-refractivity contribution in [1.82, 2.24) is 0 Å². The topological polar surface area (TPSA) is 43.1 Å². The molecule has 0 saturated carbocycles. The maximum Gasteiger partial charge on any atom is 0.141 e. The highest BCUT2D eigenvalue weighted by Crippen LogP contribution is 2.23. The minimum atomic E-state index is -1.29. The second-order valence-corrected chi connectivity index (χ2v) is 6.63. The van der Waals surface area contributed by atoms with Gasteiger partial charge in [-0.2, -0.15) is 0 Å². The largest absolute Gasteiger partial charge is 0.398 e. The third-order valence-electron chi connectivity index (χ3n) is 2.51. The molecule has 1 atom stereocenters. The molecule has 2 aromatic carbocycles. The van der Waals surface area contributed by atoms with E-state index in [4.69, 9.17) is 17.3 Å². The molecule has 0 saturated heterocycles. The van der Waals surface area contributed by atoms with Crippen molar-refractivity contribution in [2.24, 2.45) is 0 Å². The summed E-state index contributed by atoms with van der Waals surface area (Å²) >= 11 is 8.97. The van der Waals surface area contributed by atoms with Crippen molar-refractivity contribution < 1.29 is 8.60 Å². The predicted molar refractivity (Wildman–Crippen MR) is 80.1 cm³/mol. The number of benzene rings is 2. The molecular formula is C13H10BrClFNOS. The van der Waals surface area contributed by atoms with Gasteiger partial charge in [-0.15, -0.1) is 0 Å². The standard InChI is InChI=1S/C13H10BrClFNOS/c14-10-3-1-8(5-13(10)17)7-19(18)9-2-4-12(16)11(15)6-9/h1-6H,7,17H2. The molecule has 0 aliphatic rings. The van der Waals surface area contributed by atoms with Crippen molar-refractivity contribution in [2.45, 2.75) is 10.6 Å². The van der Waals surface area contributed by atoms with Crippen LogP contribution in [0.2, 0.25) is 5.02 Å². The van der Waals surface area contributed by atoms with Gasteiger partial charge in [-0.1, -0.05) is 17.7 Å². The summed E-state index contributed by atoms with van der Waals surface area (Å²) in [6.07, 6.45) is 0. The molecule has 2 rings (SSSR count). The Morgan fingerprint density at radius 3 is 2.63 bits per heavy atom. The van der Waals surface area contributed by atoms with E-state index in [1.807, 2.05) is 6.07 Å². The molecule has 2 nitrogen and oxygen atoms in total. The van der Waals surface area contributed by atoms with E-state index in [1.165, 1.54) is 18.2 Å². The Morgan fingerprint density at radius 1 is 1.26 bits per heavy atom. The summed E-state index contributed by atoms with van der Waals surface area (Å²) in [5, 5.41) is -0.0267. The zero-order valence-electron chi connectivity index (χ0n) is 9.70. The zero-order chi connectivity index (χ0) is 14.0. The first-order chi connectivity index (χ1) is 8.97. The van der Waals surface area contributed by atoms with E-state index in [0.717, 1.165) is 10.0 Å². The molecule has 0 bridgehead atoms. The Kier molecular flexibility index (Phi) is 4.60. The van der Waals surface area contributed by atoms with Crippen molar-refractivity contribution in [1.29, 1.82) is 0 Å². The van der Waals surface area contributed by atoms with Crippen LogP contribution in [0.5, 0.6) is 0 Å². The van der Waals surface area contributed by atoms with Crippen LogP contribution in [0.4, 0.5) is 10.1 Å². The van der Waals surface area contributed by atoms with Crippen molar-refractivity contribution >= 4 is 44.0 Å². The molecule has 100 valence electrons. The average Bonchev–Trinajstić information content (AvgIpc) is 2.37. The molecule has 1 unspecified atom stereocenters. The molecule has 19 heavy (non-hydrogen) atoms. The van der Waals surface area contributed by atoms with Gasteiger partial charge in [0.1, 0.15) is 5.82 Å². The minimum Gasteiger partial charge on any atom is -0.398 e. The number of nitrogens with two attached hydrogens (primary N) is 1. The lowest BCUT2D eigenvalue weighted by atomic mass is 10.2. The fraction of sp³-hybridized carbons (Fsp3) is 0.0769. The van der Waals surface area contributed by atoms with Crippen molar-refractivity contribution in [2.75, 3.05) is 5.73 Å². The third-order valence-corrected chi connectivity index (χ3v) is 4.90. The second-order valence-electron chi connectivity index (χ2n) is 3.92. The fourth-order valence-corrected chi connectivity index (χ4v) is 3.15. The molecule has 0 heterocycles. The van der Waals surface area contributed by atoms with E-state index in [0.29, 0.717) is 16.3 Å². The minimum absolute atomic E-state index is 0.0267. The third kappa shape index (κ3) is 3.55. The smallest absolute Gasteiger partial charge is 0.141 e. The van der Waals surface area contributed by atoms with Gasteiger partial charge < -0.3 is 5.73 Å². The average molecular weight is 363 g/mol. The summed E-state index contributed by atoms with van der Waals surface area (Å²) in [6.45, 7) is 0. The number of anilines is 1. The molecule has 0 spiro atoms. The Balaban J connectivity index is 2.20. The quantitative estimate of drug-likeness (QED) is 0.834. The van der Waals surface area contributed by atoms with Gasteiger partial charge in [-0.25, -0.2) is 4.39 Å². The van der Waals surface area contributed by atoms with Gasteiger partial charge in [0.25, 0.3) is 0 Å². The monoisotopic (exact) mass is 361 g/mol. The molecule has 2 N–H and O–H groups in total. The fourth-order valence-electron chi connectivity index (χ4n) is 1.54. The summed E-state index contributed by atoms with van der Waals surface area (Å²) in [6, 6.07) is 9.47. The summed E-state index contributed by atoms with van der Waals surface area (Å²) in [4.78, 5) is 0.493. The summed E-state index contributed by atoms with van der Waals surface area (Å²) in [5.74, 6) is -0.213. The van der Waals surface area contributed by atoms with Gasteiger partial charge in [0, 0.05) is 15.1 Å². The maximum atomic E-state index is 13.0. The number of hydrogen-bond donors (Lipinski definition) is 1. The Morgan fingerprint density at radius 2 is 2.00 bits per heavy atom. The highest BCUT2D eigenvalue weighted by molar-refractivity contribution is 9.10. The second kappa shape index (κ2) is 6.03. The lowest BCUT2D eigenvalue weighted by Crippen LogP contribution is -1.98. The van der Waals surface area contributed by atoms with Crippen LogP contribution in [0, 0.1) is 5.82 Å². The van der Waals surface area contributed by atoms with Gasteiger partial charge in [-0.3, -0.25) is 4.21 Å². The van der Waals surface area contributed by atoms with Crippen LogP contribution in [-0.2, 0) is 16.6 Å². The molecule has 2 aromatic rings. The number of nitrogen functional groups attached to an aromatic ring is 1. The van der Waals surface area contributed by atoms with Crippen LogP contribution >= 0.6 is 27.5 Å². The van der Waals surface area contributed by atoms with Crippen LogP contribution in [0.3, 0.4) is 0 Å². The van der Waals surface area contributed by atoms with Gasteiger partial charge >= 0.3 is 0 Å². The van der Waals surface area contributed by atoms with Crippen molar-refractivity contribution in [3.05, 3.63) is 57.3 Å². The highest BCUT2D eigenvalue weighted by Gasteiger charge is 2.09. The molecular weight excluding hydrogens is 353 g/mol. The molecule has 0 amide bonds. The van der Waals surface area contributed by atoms with Gasteiger partial charge in [0.2, 0.25) is 0 Å². The molecule has 0 aliphatic carbocycles. The Bertz CT molecular complexity index is 651. The van der Waals surface area contributed by atoms with Gasteiger partial charge in [0.15, 0.2) is 0 Å². The molecule has 0 fully saturated rings. The van der Waals surface area contributed by atoms with E-state index >= 15 is 0 Å².